The van der Waals surface area contributed by atoms with Crippen LogP contribution in [0.1, 0.15) is 58.1 Å². The van der Waals surface area contributed by atoms with Crippen LogP contribution in [-0.4, -0.2) is 27.3 Å². The standard InChI is InChI=1S/C19H28N4O2/c1-12-7-5-10-15-16(12)23(17(20)22-15)14-9-6-8-13(11-14)21-18(24)25-19(2,3)4/h5,7,10,13-14H,6,8-9,11H2,1-4H3,(H2,20,22)(H,21,24)/t13-,14-/m0/s1. The number of hydrogen-bond donors (Lipinski definition) is 2. The Morgan fingerprint density at radius 3 is 2.84 bits per heavy atom. The molecule has 2 atom stereocenters. The summed E-state index contributed by atoms with van der Waals surface area (Å²) >= 11 is 0. The van der Waals surface area contributed by atoms with Crippen LogP contribution in [0.4, 0.5) is 10.7 Å². The van der Waals surface area contributed by atoms with Crippen molar-refractivity contribution in [2.45, 2.75) is 71.1 Å². The number of carbonyl (C=O) groups is 1. The van der Waals surface area contributed by atoms with Gasteiger partial charge in [0.15, 0.2) is 0 Å². The normalized spacial score (nSPS) is 21.3. The molecule has 0 spiro atoms. The highest BCUT2D eigenvalue weighted by molar-refractivity contribution is 5.81. The molecular formula is C19H28N4O2. The number of imidazole rings is 1. The molecule has 3 N–H and O–H groups in total. The predicted octanol–water partition coefficient (Wildman–Crippen LogP) is 3.94. The van der Waals surface area contributed by atoms with E-state index in [2.05, 4.69) is 27.9 Å². The molecule has 1 aliphatic carbocycles. The Hall–Kier alpha value is -2.24. The summed E-state index contributed by atoms with van der Waals surface area (Å²) in [6.07, 6.45) is 3.52. The maximum absolute atomic E-state index is 12.1. The monoisotopic (exact) mass is 344 g/mol. The van der Waals surface area contributed by atoms with Crippen LogP contribution in [0.3, 0.4) is 0 Å². The van der Waals surface area contributed by atoms with E-state index in [1.54, 1.807) is 0 Å². The average Bonchev–Trinajstić information content (AvgIpc) is 2.83. The quantitative estimate of drug-likeness (QED) is 0.864. The van der Waals surface area contributed by atoms with Crippen molar-refractivity contribution in [3.63, 3.8) is 0 Å². The van der Waals surface area contributed by atoms with Crippen molar-refractivity contribution in [3.8, 4) is 0 Å². The van der Waals surface area contributed by atoms with Gasteiger partial charge in [0.2, 0.25) is 5.95 Å². The fourth-order valence-corrected chi connectivity index (χ4v) is 3.71. The predicted molar refractivity (Wildman–Crippen MR) is 99.5 cm³/mol. The summed E-state index contributed by atoms with van der Waals surface area (Å²) in [7, 11) is 0. The molecular weight excluding hydrogens is 316 g/mol. The lowest BCUT2D eigenvalue weighted by Crippen LogP contribution is -2.41. The molecule has 1 aromatic heterocycles. The number of aromatic nitrogens is 2. The molecule has 1 saturated carbocycles. The zero-order valence-corrected chi connectivity index (χ0v) is 15.5. The number of nitrogens with two attached hydrogens (primary N) is 1. The lowest BCUT2D eigenvalue weighted by molar-refractivity contribution is 0.0486. The van der Waals surface area contributed by atoms with Gasteiger partial charge in [0.25, 0.3) is 0 Å². The van der Waals surface area contributed by atoms with Crippen LogP contribution in [0.5, 0.6) is 0 Å². The molecule has 136 valence electrons. The number of nitrogen functional groups attached to an aromatic ring is 1. The first-order chi connectivity index (χ1) is 11.7. The van der Waals surface area contributed by atoms with Gasteiger partial charge in [0, 0.05) is 12.1 Å². The third kappa shape index (κ3) is 3.89. The summed E-state index contributed by atoms with van der Waals surface area (Å²) in [6.45, 7) is 7.70. The first-order valence-electron chi connectivity index (χ1n) is 8.97. The molecule has 3 rings (SSSR count). The molecule has 1 fully saturated rings. The topological polar surface area (TPSA) is 82.2 Å². The van der Waals surface area contributed by atoms with Crippen molar-refractivity contribution in [2.75, 3.05) is 5.73 Å². The maximum atomic E-state index is 12.1. The SMILES string of the molecule is Cc1cccc2nc(N)n([C@H]3CCC[C@H](NC(=O)OC(C)(C)C)C3)c12. The summed E-state index contributed by atoms with van der Waals surface area (Å²) in [4.78, 5) is 16.6. The molecule has 6 heteroatoms. The number of amides is 1. The molecule has 0 radical (unpaired) electrons. The van der Waals surface area contributed by atoms with Crippen molar-refractivity contribution < 1.29 is 9.53 Å². The maximum Gasteiger partial charge on any atom is 0.407 e. The van der Waals surface area contributed by atoms with Gasteiger partial charge in [-0.25, -0.2) is 9.78 Å². The second-order valence-corrected chi connectivity index (χ2v) is 7.95. The Kier molecular flexibility index (Phi) is 4.62. The minimum atomic E-state index is -0.486. The third-order valence-electron chi connectivity index (χ3n) is 4.67. The average molecular weight is 344 g/mol. The molecule has 1 aliphatic rings. The number of nitrogens with zero attached hydrogens (tertiary/aromatic N) is 2. The number of aryl methyl sites for hydroxylation is 1. The van der Waals surface area contributed by atoms with Crippen molar-refractivity contribution >= 4 is 23.1 Å². The molecule has 0 saturated heterocycles. The van der Waals surface area contributed by atoms with E-state index in [1.165, 1.54) is 5.56 Å². The van der Waals surface area contributed by atoms with Crippen LogP contribution in [0.25, 0.3) is 11.0 Å². The molecule has 0 aliphatic heterocycles. The van der Waals surface area contributed by atoms with Crippen molar-refractivity contribution in [2.24, 2.45) is 0 Å². The van der Waals surface area contributed by atoms with E-state index >= 15 is 0 Å². The van der Waals surface area contributed by atoms with E-state index in [0.717, 1.165) is 36.7 Å². The molecule has 1 heterocycles. The smallest absolute Gasteiger partial charge is 0.407 e. The highest BCUT2D eigenvalue weighted by Crippen LogP contribution is 2.34. The van der Waals surface area contributed by atoms with Crippen LogP contribution < -0.4 is 11.1 Å². The Morgan fingerprint density at radius 1 is 1.36 bits per heavy atom. The Balaban J connectivity index is 1.78. The molecule has 6 nitrogen and oxygen atoms in total. The van der Waals surface area contributed by atoms with E-state index in [0.29, 0.717) is 5.95 Å². The first kappa shape index (κ1) is 17.6. The van der Waals surface area contributed by atoms with Gasteiger partial charge in [-0.05, 0) is 65.0 Å². The Bertz CT molecular complexity index is 776. The van der Waals surface area contributed by atoms with Gasteiger partial charge in [-0.2, -0.15) is 0 Å². The number of nitrogens with one attached hydrogen (secondary N) is 1. The van der Waals surface area contributed by atoms with Crippen molar-refractivity contribution in [1.82, 2.24) is 14.9 Å². The minimum absolute atomic E-state index is 0.0921. The van der Waals surface area contributed by atoms with E-state index in [1.807, 2.05) is 32.9 Å². The first-order valence-corrected chi connectivity index (χ1v) is 8.97. The van der Waals surface area contributed by atoms with Gasteiger partial charge < -0.3 is 20.4 Å². The van der Waals surface area contributed by atoms with Crippen molar-refractivity contribution in [1.29, 1.82) is 0 Å². The number of alkyl carbamates (subject to hydrolysis) is 1. The van der Waals surface area contributed by atoms with Crippen LogP contribution in [0.2, 0.25) is 0 Å². The summed E-state index contributed by atoms with van der Waals surface area (Å²) in [5.74, 6) is 0.548. The summed E-state index contributed by atoms with van der Waals surface area (Å²) in [5.41, 5.74) is 8.94. The number of ether oxygens (including phenoxy) is 1. The zero-order chi connectivity index (χ0) is 18.2. The van der Waals surface area contributed by atoms with Gasteiger partial charge in [0.1, 0.15) is 5.60 Å². The van der Waals surface area contributed by atoms with Crippen molar-refractivity contribution in [3.05, 3.63) is 23.8 Å². The Morgan fingerprint density at radius 2 is 2.12 bits per heavy atom. The number of carbonyl (C=O) groups excluding carboxylic acids is 1. The largest absolute Gasteiger partial charge is 0.444 e. The molecule has 1 amide bonds. The van der Waals surface area contributed by atoms with Crippen LogP contribution >= 0.6 is 0 Å². The number of fused-ring (bicyclic) bond motifs is 1. The van der Waals surface area contributed by atoms with E-state index in [-0.39, 0.29) is 18.2 Å². The summed E-state index contributed by atoms with van der Waals surface area (Å²) in [5, 5.41) is 3.01. The van der Waals surface area contributed by atoms with Gasteiger partial charge in [-0.3, -0.25) is 0 Å². The van der Waals surface area contributed by atoms with E-state index in [9.17, 15) is 4.79 Å². The number of rotatable bonds is 2. The van der Waals surface area contributed by atoms with E-state index < -0.39 is 5.60 Å². The second kappa shape index (κ2) is 6.58. The number of anilines is 1. The van der Waals surface area contributed by atoms with Gasteiger partial charge in [0.05, 0.1) is 11.0 Å². The van der Waals surface area contributed by atoms with Crippen LogP contribution in [-0.2, 0) is 4.74 Å². The van der Waals surface area contributed by atoms with Crippen LogP contribution in [0.15, 0.2) is 18.2 Å². The highest BCUT2D eigenvalue weighted by atomic mass is 16.6. The number of para-hydroxylation sites is 1. The summed E-state index contributed by atoms with van der Waals surface area (Å²) in [6, 6.07) is 6.41. The zero-order valence-electron chi connectivity index (χ0n) is 15.5. The van der Waals surface area contributed by atoms with E-state index in [4.69, 9.17) is 10.5 Å². The molecule has 25 heavy (non-hydrogen) atoms. The van der Waals surface area contributed by atoms with Gasteiger partial charge in [-0.1, -0.05) is 12.1 Å². The molecule has 1 aromatic carbocycles. The van der Waals surface area contributed by atoms with Crippen LogP contribution in [0, 0.1) is 6.92 Å². The molecule has 2 aromatic rings. The second-order valence-electron chi connectivity index (χ2n) is 7.95. The third-order valence-corrected chi connectivity index (χ3v) is 4.67. The molecule has 0 bridgehead atoms. The van der Waals surface area contributed by atoms with Gasteiger partial charge >= 0.3 is 6.09 Å². The number of hydrogen-bond acceptors (Lipinski definition) is 4. The minimum Gasteiger partial charge on any atom is -0.444 e. The Labute approximate surface area is 148 Å². The number of benzene rings is 1. The summed E-state index contributed by atoms with van der Waals surface area (Å²) < 4.78 is 7.53. The lowest BCUT2D eigenvalue weighted by Gasteiger charge is -2.32. The van der Waals surface area contributed by atoms with Gasteiger partial charge in [-0.15, -0.1) is 0 Å². The lowest BCUT2D eigenvalue weighted by atomic mass is 9.90. The fraction of sp³-hybridized carbons (Fsp3) is 0.579. The fourth-order valence-electron chi connectivity index (χ4n) is 3.71. The molecule has 0 unspecified atom stereocenters. The highest BCUT2D eigenvalue weighted by Gasteiger charge is 2.28.